The molecule has 0 aliphatic heterocycles. The number of aryl methyl sites for hydroxylation is 2. The average molecular weight is 506 g/mol. The lowest BCUT2D eigenvalue weighted by Gasteiger charge is -2.08. The van der Waals surface area contributed by atoms with Crippen molar-refractivity contribution in [1.29, 1.82) is 0 Å². The van der Waals surface area contributed by atoms with Crippen molar-refractivity contribution in [3.8, 4) is 5.75 Å². The van der Waals surface area contributed by atoms with Gasteiger partial charge in [-0.25, -0.2) is 0 Å². The van der Waals surface area contributed by atoms with Crippen molar-refractivity contribution in [2.45, 2.75) is 27.0 Å². The lowest BCUT2D eigenvalue weighted by atomic mass is 10.2. The lowest BCUT2D eigenvalue weighted by Crippen LogP contribution is -2.16. The van der Waals surface area contributed by atoms with Crippen LogP contribution in [0.5, 0.6) is 5.75 Å². The molecule has 4 rings (SSSR count). The quantitative estimate of drug-likeness (QED) is 0.317. The van der Waals surface area contributed by atoms with Crippen LogP contribution in [0.1, 0.15) is 33.1 Å². The van der Waals surface area contributed by atoms with Crippen molar-refractivity contribution in [1.82, 2.24) is 14.9 Å². The van der Waals surface area contributed by atoms with E-state index in [1.54, 1.807) is 48.0 Å². The van der Waals surface area contributed by atoms with Crippen LogP contribution >= 0.6 is 34.8 Å². The van der Waals surface area contributed by atoms with E-state index in [2.05, 4.69) is 15.6 Å². The second-order valence-corrected chi connectivity index (χ2v) is 8.55. The monoisotopic (exact) mass is 504 g/mol. The van der Waals surface area contributed by atoms with Crippen molar-refractivity contribution < 1.29 is 14.1 Å². The van der Waals surface area contributed by atoms with Crippen LogP contribution in [0.2, 0.25) is 15.1 Å². The minimum Gasteiger partial charge on any atom is -0.487 e. The Morgan fingerprint density at radius 2 is 1.88 bits per heavy atom. The molecule has 2 aromatic carbocycles. The number of ether oxygens (including phenoxy) is 1. The van der Waals surface area contributed by atoms with Gasteiger partial charge in [-0.15, -0.1) is 0 Å². The van der Waals surface area contributed by atoms with Gasteiger partial charge in [0.05, 0.1) is 17.1 Å². The number of para-hydroxylation sites is 1. The number of rotatable bonds is 7. The number of hydrogen-bond donors (Lipinski definition) is 1. The second-order valence-electron chi connectivity index (χ2n) is 7.30. The number of hydrogen-bond acceptors (Lipinski definition) is 5. The maximum Gasteiger partial charge on any atom is 0.279 e. The van der Waals surface area contributed by atoms with E-state index in [0.717, 1.165) is 11.3 Å². The Morgan fingerprint density at radius 1 is 1.09 bits per heavy atom. The SMILES string of the molecule is Cc1onc(C(=O)Nc2cc(C)n(Cc3ccc(Cl)cc3Cl)n2)c1COc1ccccc1Cl. The molecular weight excluding hydrogens is 487 g/mol. The van der Waals surface area contributed by atoms with E-state index < -0.39 is 5.91 Å². The lowest BCUT2D eigenvalue weighted by molar-refractivity contribution is 0.101. The summed E-state index contributed by atoms with van der Waals surface area (Å²) in [6, 6.07) is 14.1. The Kier molecular flexibility index (Phi) is 6.93. The van der Waals surface area contributed by atoms with Crippen LogP contribution in [0.15, 0.2) is 53.1 Å². The molecule has 4 aromatic rings. The normalized spacial score (nSPS) is 10.9. The minimum atomic E-state index is -0.459. The van der Waals surface area contributed by atoms with Crippen LogP contribution in [-0.4, -0.2) is 20.8 Å². The van der Waals surface area contributed by atoms with Crippen molar-refractivity contribution in [3.63, 3.8) is 0 Å². The summed E-state index contributed by atoms with van der Waals surface area (Å²) in [6.45, 7) is 4.10. The van der Waals surface area contributed by atoms with E-state index in [-0.39, 0.29) is 12.3 Å². The van der Waals surface area contributed by atoms with Crippen LogP contribution in [0.3, 0.4) is 0 Å². The van der Waals surface area contributed by atoms with E-state index in [1.165, 1.54) is 0 Å². The molecule has 2 aromatic heterocycles. The summed E-state index contributed by atoms with van der Waals surface area (Å²) in [4.78, 5) is 12.9. The number of nitrogens with one attached hydrogen (secondary N) is 1. The standard InChI is InChI=1S/C23H19Cl3N4O3/c1-13-9-21(28-30(13)11-15-7-8-16(24)10-19(15)26)27-23(31)22-17(14(2)33-29-22)12-32-20-6-4-3-5-18(20)25/h3-10H,11-12H2,1-2H3,(H,27,28,31). The second kappa shape index (κ2) is 9.87. The molecule has 0 unspecified atom stereocenters. The first-order chi connectivity index (χ1) is 15.8. The first kappa shape index (κ1) is 23.2. The van der Waals surface area contributed by atoms with Gasteiger partial charge in [-0.3, -0.25) is 9.48 Å². The summed E-state index contributed by atoms with van der Waals surface area (Å²) in [6.07, 6.45) is 0. The number of aromatic nitrogens is 3. The number of nitrogens with zero attached hydrogens (tertiary/aromatic N) is 3. The van der Waals surface area contributed by atoms with Gasteiger partial charge in [-0.1, -0.05) is 58.2 Å². The summed E-state index contributed by atoms with van der Waals surface area (Å²) < 4.78 is 12.7. The van der Waals surface area contributed by atoms with E-state index in [0.29, 0.717) is 44.5 Å². The zero-order valence-electron chi connectivity index (χ0n) is 17.7. The molecule has 0 bridgehead atoms. The summed E-state index contributed by atoms with van der Waals surface area (Å²) in [5, 5.41) is 12.7. The molecule has 0 saturated carbocycles. The zero-order chi connectivity index (χ0) is 23.5. The topological polar surface area (TPSA) is 82.2 Å². The molecular formula is C23H19Cl3N4O3. The van der Waals surface area contributed by atoms with Crippen LogP contribution in [-0.2, 0) is 13.2 Å². The number of carbonyl (C=O) groups excluding carboxylic acids is 1. The largest absolute Gasteiger partial charge is 0.487 e. The van der Waals surface area contributed by atoms with Gasteiger partial charge in [0, 0.05) is 21.8 Å². The first-order valence-electron chi connectivity index (χ1n) is 9.94. The fraction of sp³-hybridized carbons (Fsp3) is 0.174. The van der Waals surface area contributed by atoms with Crippen molar-refractivity contribution in [3.05, 3.63) is 91.9 Å². The van der Waals surface area contributed by atoms with Crippen molar-refractivity contribution >= 4 is 46.5 Å². The Hall–Kier alpha value is -3.00. The van der Waals surface area contributed by atoms with Gasteiger partial charge < -0.3 is 14.6 Å². The minimum absolute atomic E-state index is 0.0738. The molecule has 0 aliphatic rings. The molecule has 170 valence electrons. The maximum absolute atomic E-state index is 12.9. The summed E-state index contributed by atoms with van der Waals surface area (Å²) in [5.74, 6) is 0.896. The smallest absolute Gasteiger partial charge is 0.279 e. The summed E-state index contributed by atoms with van der Waals surface area (Å²) in [5.41, 5.74) is 2.34. The maximum atomic E-state index is 12.9. The molecule has 0 spiro atoms. The van der Waals surface area contributed by atoms with E-state index >= 15 is 0 Å². The van der Waals surface area contributed by atoms with Crippen LogP contribution in [0.4, 0.5) is 5.82 Å². The predicted octanol–water partition coefficient (Wildman–Crippen LogP) is 6.33. The fourth-order valence-corrected chi connectivity index (χ4v) is 3.83. The van der Waals surface area contributed by atoms with Crippen molar-refractivity contribution in [2.75, 3.05) is 5.32 Å². The summed E-state index contributed by atoms with van der Waals surface area (Å²) >= 11 is 18.4. The van der Waals surface area contributed by atoms with E-state index in [9.17, 15) is 4.79 Å². The molecule has 1 amide bonds. The van der Waals surface area contributed by atoms with Gasteiger partial charge in [0.15, 0.2) is 11.5 Å². The molecule has 0 saturated heterocycles. The molecule has 10 heteroatoms. The number of halogens is 3. The van der Waals surface area contributed by atoms with Gasteiger partial charge in [0.25, 0.3) is 5.91 Å². The van der Waals surface area contributed by atoms with Crippen LogP contribution in [0.25, 0.3) is 0 Å². The zero-order valence-corrected chi connectivity index (χ0v) is 20.0. The Bertz CT molecular complexity index is 1320. The van der Waals surface area contributed by atoms with E-state index in [1.807, 2.05) is 19.1 Å². The summed E-state index contributed by atoms with van der Waals surface area (Å²) in [7, 11) is 0. The molecule has 2 heterocycles. The highest BCUT2D eigenvalue weighted by molar-refractivity contribution is 6.35. The van der Waals surface area contributed by atoms with Gasteiger partial charge in [-0.2, -0.15) is 5.10 Å². The predicted molar refractivity (Wildman–Crippen MR) is 128 cm³/mol. The van der Waals surface area contributed by atoms with E-state index in [4.69, 9.17) is 44.1 Å². The van der Waals surface area contributed by atoms with Gasteiger partial charge in [-0.05, 0) is 43.7 Å². The number of benzene rings is 2. The number of anilines is 1. The Balaban J connectivity index is 1.48. The molecule has 7 nitrogen and oxygen atoms in total. The van der Waals surface area contributed by atoms with Gasteiger partial charge in [0.1, 0.15) is 18.1 Å². The van der Waals surface area contributed by atoms with Crippen LogP contribution in [0, 0.1) is 13.8 Å². The van der Waals surface area contributed by atoms with Crippen LogP contribution < -0.4 is 10.1 Å². The van der Waals surface area contributed by atoms with Crippen molar-refractivity contribution in [2.24, 2.45) is 0 Å². The third-order valence-electron chi connectivity index (χ3n) is 4.97. The highest BCUT2D eigenvalue weighted by Crippen LogP contribution is 2.26. The van der Waals surface area contributed by atoms with Gasteiger partial charge in [0.2, 0.25) is 0 Å². The molecule has 0 aliphatic carbocycles. The average Bonchev–Trinajstić information content (AvgIpc) is 3.31. The first-order valence-corrected chi connectivity index (χ1v) is 11.1. The highest BCUT2D eigenvalue weighted by Gasteiger charge is 2.22. The third-order valence-corrected chi connectivity index (χ3v) is 5.87. The highest BCUT2D eigenvalue weighted by atomic mass is 35.5. The molecule has 33 heavy (non-hydrogen) atoms. The molecule has 0 atom stereocenters. The molecule has 0 radical (unpaired) electrons. The Morgan fingerprint density at radius 3 is 2.64 bits per heavy atom. The molecule has 0 fully saturated rings. The number of amides is 1. The number of carbonyl (C=O) groups is 1. The molecule has 1 N–H and O–H groups in total. The fourth-order valence-electron chi connectivity index (χ4n) is 3.17. The Labute approximate surface area is 205 Å². The third kappa shape index (κ3) is 5.33. The van der Waals surface area contributed by atoms with Gasteiger partial charge >= 0.3 is 0 Å².